The van der Waals surface area contributed by atoms with Crippen LogP contribution in [0, 0.1) is 0 Å². The van der Waals surface area contributed by atoms with Crippen molar-refractivity contribution in [3.05, 3.63) is 90.5 Å². The van der Waals surface area contributed by atoms with Crippen LogP contribution in [0.15, 0.2) is 79.3 Å². The van der Waals surface area contributed by atoms with Gasteiger partial charge in [-0.25, -0.2) is 4.98 Å². The van der Waals surface area contributed by atoms with E-state index in [1.165, 1.54) is 0 Å². The standard InChI is InChI=1S/C26H23N5O2/c32-25(16-20-7-3-4-11-28-20)30-12-14-31(15-13-30)26(33)22-17-24(19-6-5-10-27-18-19)29-23-9-2-1-8-21(22)23/h1-11,17-18H,12-16H2. The first-order valence-corrected chi connectivity index (χ1v) is 11.0. The maximum atomic E-state index is 13.5. The summed E-state index contributed by atoms with van der Waals surface area (Å²) in [5.41, 5.74) is 3.72. The zero-order chi connectivity index (χ0) is 22.6. The highest BCUT2D eigenvalue weighted by Gasteiger charge is 2.26. The Labute approximate surface area is 191 Å². The van der Waals surface area contributed by atoms with Gasteiger partial charge < -0.3 is 9.80 Å². The molecule has 7 nitrogen and oxygen atoms in total. The van der Waals surface area contributed by atoms with Gasteiger partial charge in [0.2, 0.25) is 5.91 Å². The predicted octanol–water partition coefficient (Wildman–Crippen LogP) is 3.22. The number of pyridine rings is 3. The molecule has 1 aliphatic rings. The zero-order valence-electron chi connectivity index (χ0n) is 18.1. The summed E-state index contributed by atoms with van der Waals surface area (Å²) in [6.45, 7) is 2.00. The minimum Gasteiger partial charge on any atom is -0.339 e. The van der Waals surface area contributed by atoms with E-state index in [9.17, 15) is 9.59 Å². The highest BCUT2D eigenvalue weighted by molar-refractivity contribution is 6.07. The topological polar surface area (TPSA) is 79.3 Å². The van der Waals surface area contributed by atoms with Crippen LogP contribution in [-0.4, -0.2) is 62.7 Å². The Morgan fingerprint density at radius 1 is 0.848 bits per heavy atom. The average Bonchev–Trinajstić information content (AvgIpc) is 2.89. The van der Waals surface area contributed by atoms with Crippen molar-refractivity contribution in [1.29, 1.82) is 0 Å². The van der Waals surface area contributed by atoms with Crippen LogP contribution >= 0.6 is 0 Å². The van der Waals surface area contributed by atoms with Gasteiger partial charge in [-0.2, -0.15) is 0 Å². The lowest BCUT2D eigenvalue weighted by atomic mass is 10.0. The zero-order valence-corrected chi connectivity index (χ0v) is 18.1. The summed E-state index contributed by atoms with van der Waals surface area (Å²) in [6, 6.07) is 18.9. The third-order valence-corrected chi connectivity index (χ3v) is 5.88. The molecule has 33 heavy (non-hydrogen) atoms. The molecule has 1 saturated heterocycles. The van der Waals surface area contributed by atoms with E-state index in [0.29, 0.717) is 37.4 Å². The fourth-order valence-electron chi connectivity index (χ4n) is 4.11. The Balaban J connectivity index is 1.35. The van der Waals surface area contributed by atoms with E-state index in [-0.39, 0.29) is 18.2 Å². The molecule has 1 fully saturated rings. The second kappa shape index (κ2) is 9.16. The molecule has 0 radical (unpaired) electrons. The molecule has 3 aromatic heterocycles. The maximum Gasteiger partial charge on any atom is 0.254 e. The number of hydrogen-bond acceptors (Lipinski definition) is 5. The van der Waals surface area contributed by atoms with Crippen LogP contribution in [0.3, 0.4) is 0 Å². The summed E-state index contributed by atoms with van der Waals surface area (Å²) in [6.07, 6.45) is 5.43. The minimum atomic E-state index is -0.0458. The number of carbonyl (C=O) groups is 2. The molecule has 0 N–H and O–H groups in total. The maximum absolute atomic E-state index is 13.5. The Morgan fingerprint density at radius 2 is 1.64 bits per heavy atom. The SMILES string of the molecule is O=C(Cc1ccccn1)N1CCN(C(=O)c2cc(-c3cccnc3)nc3ccccc23)CC1. The van der Waals surface area contributed by atoms with Crippen molar-refractivity contribution in [1.82, 2.24) is 24.8 Å². The molecular weight excluding hydrogens is 414 g/mol. The molecule has 2 amide bonds. The Hall–Kier alpha value is -4.13. The fourth-order valence-corrected chi connectivity index (χ4v) is 4.11. The van der Waals surface area contributed by atoms with Crippen LogP contribution in [0.2, 0.25) is 0 Å². The van der Waals surface area contributed by atoms with E-state index in [2.05, 4.69) is 9.97 Å². The Bertz CT molecular complexity index is 1290. The molecule has 0 aliphatic carbocycles. The predicted molar refractivity (Wildman–Crippen MR) is 125 cm³/mol. The molecule has 164 valence electrons. The van der Waals surface area contributed by atoms with Crippen LogP contribution in [0.5, 0.6) is 0 Å². The van der Waals surface area contributed by atoms with Gasteiger partial charge in [-0.1, -0.05) is 24.3 Å². The third kappa shape index (κ3) is 4.43. The molecule has 0 unspecified atom stereocenters. The lowest BCUT2D eigenvalue weighted by Gasteiger charge is -2.35. The number of rotatable bonds is 4. The number of benzene rings is 1. The van der Waals surface area contributed by atoms with Crippen LogP contribution in [0.1, 0.15) is 16.1 Å². The molecule has 1 aromatic carbocycles. The third-order valence-electron chi connectivity index (χ3n) is 5.88. The number of piperazine rings is 1. The molecule has 4 heterocycles. The number of hydrogen-bond donors (Lipinski definition) is 0. The summed E-state index contributed by atoms with van der Waals surface area (Å²) in [5, 5.41) is 0.823. The first-order valence-electron chi connectivity index (χ1n) is 11.0. The van der Waals surface area contributed by atoms with Gasteiger partial charge in [0.1, 0.15) is 0 Å². The van der Waals surface area contributed by atoms with Crippen molar-refractivity contribution in [2.75, 3.05) is 26.2 Å². The van der Waals surface area contributed by atoms with Gasteiger partial charge >= 0.3 is 0 Å². The first kappa shape index (κ1) is 20.8. The molecule has 1 aliphatic heterocycles. The van der Waals surface area contributed by atoms with Crippen molar-refractivity contribution in [2.45, 2.75) is 6.42 Å². The van der Waals surface area contributed by atoms with Crippen molar-refractivity contribution in [3.8, 4) is 11.3 Å². The fraction of sp³-hybridized carbons (Fsp3) is 0.192. The van der Waals surface area contributed by atoms with Gasteiger partial charge in [0.15, 0.2) is 0 Å². The molecule has 4 aromatic rings. The number of para-hydroxylation sites is 1. The monoisotopic (exact) mass is 437 g/mol. The molecule has 7 heteroatoms. The van der Waals surface area contributed by atoms with Gasteiger partial charge in [0.25, 0.3) is 5.91 Å². The summed E-state index contributed by atoms with van der Waals surface area (Å²) < 4.78 is 0. The molecule has 5 rings (SSSR count). The molecule has 0 atom stereocenters. The normalized spacial score (nSPS) is 13.8. The van der Waals surface area contributed by atoms with E-state index in [1.54, 1.807) is 18.6 Å². The number of fused-ring (bicyclic) bond motifs is 1. The highest BCUT2D eigenvalue weighted by Crippen LogP contribution is 2.26. The van der Waals surface area contributed by atoms with E-state index in [0.717, 1.165) is 22.2 Å². The van der Waals surface area contributed by atoms with Crippen LogP contribution in [0.25, 0.3) is 22.2 Å². The number of nitrogens with zero attached hydrogens (tertiary/aromatic N) is 5. The van der Waals surface area contributed by atoms with Gasteiger partial charge in [-0.3, -0.25) is 19.6 Å². The second-order valence-corrected chi connectivity index (χ2v) is 7.98. The van der Waals surface area contributed by atoms with Crippen molar-refractivity contribution >= 4 is 22.7 Å². The number of aromatic nitrogens is 3. The Morgan fingerprint density at radius 3 is 2.39 bits per heavy atom. The number of amides is 2. The van der Waals surface area contributed by atoms with E-state index < -0.39 is 0 Å². The lowest BCUT2D eigenvalue weighted by Crippen LogP contribution is -2.51. The van der Waals surface area contributed by atoms with Crippen molar-refractivity contribution in [2.24, 2.45) is 0 Å². The van der Waals surface area contributed by atoms with Crippen LogP contribution in [0.4, 0.5) is 0 Å². The lowest BCUT2D eigenvalue weighted by molar-refractivity contribution is -0.132. The van der Waals surface area contributed by atoms with Crippen LogP contribution in [-0.2, 0) is 11.2 Å². The van der Waals surface area contributed by atoms with E-state index >= 15 is 0 Å². The van der Waals surface area contributed by atoms with Crippen molar-refractivity contribution < 1.29 is 9.59 Å². The first-order chi connectivity index (χ1) is 16.2. The summed E-state index contributed by atoms with van der Waals surface area (Å²) in [7, 11) is 0. The molecule has 0 saturated carbocycles. The molecular formula is C26H23N5O2. The van der Waals surface area contributed by atoms with Gasteiger partial charge in [-0.15, -0.1) is 0 Å². The van der Waals surface area contributed by atoms with Gasteiger partial charge in [0.05, 0.1) is 23.2 Å². The van der Waals surface area contributed by atoms with Gasteiger partial charge in [0, 0.05) is 61.4 Å². The van der Waals surface area contributed by atoms with Crippen molar-refractivity contribution in [3.63, 3.8) is 0 Å². The number of carbonyl (C=O) groups excluding carboxylic acids is 2. The second-order valence-electron chi connectivity index (χ2n) is 7.98. The summed E-state index contributed by atoms with van der Waals surface area (Å²) in [5.74, 6) is -0.00964. The smallest absolute Gasteiger partial charge is 0.254 e. The largest absolute Gasteiger partial charge is 0.339 e. The summed E-state index contributed by atoms with van der Waals surface area (Å²) in [4.78, 5) is 43.0. The average molecular weight is 438 g/mol. The Kier molecular flexibility index (Phi) is 5.76. The molecule has 0 spiro atoms. The highest BCUT2D eigenvalue weighted by atomic mass is 16.2. The molecule has 0 bridgehead atoms. The van der Waals surface area contributed by atoms with E-state index in [4.69, 9.17) is 4.98 Å². The summed E-state index contributed by atoms with van der Waals surface area (Å²) >= 11 is 0. The van der Waals surface area contributed by atoms with Gasteiger partial charge in [-0.05, 0) is 36.4 Å². The quantitative estimate of drug-likeness (QED) is 0.490. The van der Waals surface area contributed by atoms with E-state index in [1.807, 2.05) is 70.5 Å². The van der Waals surface area contributed by atoms with Crippen LogP contribution < -0.4 is 0 Å². The minimum absolute atomic E-state index is 0.0361.